The standard InChI is InChI=1S/C21H26N6O/c28-21(20-16-27(25-24-20)14-17-8-3-1-4-9-17)23-19(15-26-13-7-12-22-26)18-10-5-2-6-11-18/h2,5-7,10-13,16-17,19H,1,3-4,8-9,14-15H2,(H,23,28)/t19-/m0/s1. The van der Waals surface area contributed by atoms with Crippen LogP contribution in [0.25, 0.3) is 0 Å². The molecule has 1 N–H and O–H groups in total. The number of rotatable bonds is 7. The average Bonchev–Trinajstić information content (AvgIpc) is 3.41. The van der Waals surface area contributed by atoms with Crippen LogP contribution in [-0.2, 0) is 13.1 Å². The van der Waals surface area contributed by atoms with Crippen molar-refractivity contribution in [1.29, 1.82) is 0 Å². The van der Waals surface area contributed by atoms with Crippen molar-refractivity contribution in [3.05, 3.63) is 66.2 Å². The number of carbonyl (C=O) groups excluding carboxylic acids is 1. The first-order valence-electron chi connectivity index (χ1n) is 10.0. The molecule has 2 heterocycles. The van der Waals surface area contributed by atoms with Crippen molar-refractivity contribution in [3.8, 4) is 0 Å². The van der Waals surface area contributed by atoms with Gasteiger partial charge in [0, 0.05) is 18.9 Å². The van der Waals surface area contributed by atoms with Crippen molar-refractivity contribution in [2.45, 2.75) is 51.2 Å². The molecular formula is C21H26N6O. The highest BCUT2D eigenvalue weighted by molar-refractivity contribution is 5.92. The summed E-state index contributed by atoms with van der Waals surface area (Å²) in [5.74, 6) is 0.430. The Balaban J connectivity index is 1.43. The summed E-state index contributed by atoms with van der Waals surface area (Å²) in [6.45, 7) is 1.40. The first kappa shape index (κ1) is 18.4. The minimum absolute atomic E-state index is 0.197. The van der Waals surface area contributed by atoms with Crippen LogP contribution in [0, 0.1) is 5.92 Å². The largest absolute Gasteiger partial charge is 0.342 e. The van der Waals surface area contributed by atoms with Gasteiger partial charge in [-0.15, -0.1) is 5.10 Å². The first-order valence-corrected chi connectivity index (χ1v) is 10.0. The Kier molecular flexibility index (Phi) is 5.80. The molecule has 0 bridgehead atoms. The smallest absolute Gasteiger partial charge is 0.274 e. The van der Waals surface area contributed by atoms with Crippen LogP contribution in [0.15, 0.2) is 55.0 Å². The zero-order chi connectivity index (χ0) is 19.2. The van der Waals surface area contributed by atoms with Gasteiger partial charge in [0.15, 0.2) is 5.69 Å². The summed E-state index contributed by atoms with van der Waals surface area (Å²) in [6.07, 6.45) is 11.8. The molecule has 1 aliphatic rings. The maximum atomic E-state index is 12.8. The van der Waals surface area contributed by atoms with Gasteiger partial charge in [0.2, 0.25) is 0 Å². The van der Waals surface area contributed by atoms with E-state index in [1.165, 1.54) is 32.1 Å². The van der Waals surface area contributed by atoms with Crippen LogP contribution in [-0.4, -0.2) is 30.7 Å². The van der Waals surface area contributed by atoms with Crippen LogP contribution < -0.4 is 5.32 Å². The number of hydrogen-bond donors (Lipinski definition) is 1. The van der Waals surface area contributed by atoms with E-state index in [-0.39, 0.29) is 11.9 Å². The third kappa shape index (κ3) is 4.65. The van der Waals surface area contributed by atoms with Crippen LogP contribution >= 0.6 is 0 Å². The lowest BCUT2D eigenvalue weighted by Gasteiger charge is -2.20. The average molecular weight is 378 g/mol. The number of amides is 1. The number of carbonyl (C=O) groups is 1. The fourth-order valence-electron chi connectivity index (χ4n) is 3.87. The topological polar surface area (TPSA) is 77.6 Å². The molecule has 0 spiro atoms. The molecule has 1 fully saturated rings. The Bertz CT molecular complexity index is 867. The van der Waals surface area contributed by atoms with Gasteiger partial charge in [0.25, 0.3) is 5.91 Å². The summed E-state index contributed by atoms with van der Waals surface area (Å²) >= 11 is 0. The highest BCUT2D eigenvalue weighted by Gasteiger charge is 2.20. The molecule has 7 heteroatoms. The minimum Gasteiger partial charge on any atom is -0.342 e. The predicted molar refractivity (Wildman–Crippen MR) is 105 cm³/mol. The zero-order valence-corrected chi connectivity index (χ0v) is 15.9. The highest BCUT2D eigenvalue weighted by atomic mass is 16.2. The van der Waals surface area contributed by atoms with E-state index >= 15 is 0 Å². The van der Waals surface area contributed by atoms with Gasteiger partial charge in [-0.2, -0.15) is 5.10 Å². The molecule has 1 amide bonds. The van der Waals surface area contributed by atoms with E-state index in [0.717, 1.165) is 12.1 Å². The molecule has 2 aromatic heterocycles. The van der Waals surface area contributed by atoms with Gasteiger partial charge in [-0.25, -0.2) is 0 Å². The molecule has 1 saturated carbocycles. The predicted octanol–water partition coefficient (Wildman–Crippen LogP) is 3.23. The lowest BCUT2D eigenvalue weighted by atomic mass is 9.89. The van der Waals surface area contributed by atoms with Crippen molar-refractivity contribution in [1.82, 2.24) is 30.1 Å². The number of benzene rings is 1. The highest BCUT2D eigenvalue weighted by Crippen LogP contribution is 2.24. The molecule has 28 heavy (non-hydrogen) atoms. The molecule has 1 aromatic carbocycles. The van der Waals surface area contributed by atoms with Crippen LogP contribution in [0.1, 0.15) is 54.2 Å². The molecule has 0 unspecified atom stereocenters. The van der Waals surface area contributed by atoms with Crippen LogP contribution in [0.4, 0.5) is 0 Å². The minimum atomic E-state index is -0.212. The number of nitrogens with zero attached hydrogens (tertiary/aromatic N) is 5. The molecule has 3 aromatic rings. The van der Waals surface area contributed by atoms with Gasteiger partial charge < -0.3 is 5.32 Å². The summed E-state index contributed by atoms with van der Waals surface area (Å²) in [4.78, 5) is 12.8. The second kappa shape index (κ2) is 8.82. The number of hydrogen-bond acceptors (Lipinski definition) is 4. The summed E-state index contributed by atoms with van der Waals surface area (Å²) in [6, 6.07) is 11.6. The Morgan fingerprint density at radius 3 is 2.68 bits per heavy atom. The molecule has 146 valence electrons. The van der Waals surface area contributed by atoms with E-state index in [9.17, 15) is 4.79 Å². The Hall–Kier alpha value is -2.96. The molecule has 1 atom stereocenters. The summed E-state index contributed by atoms with van der Waals surface area (Å²) in [5.41, 5.74) is 1.39. The normalized spacial score (nSPS) is 16.0. The van der Waals surface area contributed by atoms with E-state index in [2.05, 4.69) is 20.7 Å². The summed E-state index contributed by atoms with van der Waals surface area (Å²) in [5, 5.41) is 15.6. The van der Waals surface area contributed by atoms with Crippen molar-refractivity contribution in [3.63, 3.8) is 0 Å². The molecular weight excluding hydrogens is 352 g/mol. The van der Waals surface area contributed by atoms with Crippen molar-refractivity contribution >= 4 is 5.91 Å². The number of nitrogens with one attached hydrogen (secondary N) is 1. The quantitative estimate of drug-likeness (QED) is 0.685. The zero-order valence-electron chi connectivity index (χ0n) is 15.9. The third-order valence-electron chi connectivity index (χ3n) is 5.38. The maximum absolute atomic E-state index is 12.8. The Labute approximate surface area is 164 Å². The van der Waals surface area contributed by atoms with Gasteiger partial charge in [0.1, 0.15) is 0 Å². The van der Waals surface area contributed by atoms with Gasteiger partial charge in [-0.3, -0.25) is 14.2 Å². The molecule has 1 aliphatic carbocycles. The van der Waals surface area contributed by atoms with Gasteiger partial charge in [0.05, 0.1) is 18.8 Å². The fraction of sp³-hybridized carbons (Fsp3) is 0.429. The summed E-state index contributed by atoms with van der Waals surface area (Å²) in [7, 11) is 0. The van der Waals surface area contributed by atoms with E-state index in [4.69, 9.17) is 0 Å². The molecule has 7 nitrogen and oxygen atoms in total. The Morgan fingerprint density at radius 2 is 1.93 bits per heavy atom. The van der Waals surface area contributed by atoms with Crippen LogP contribution in [0.5, 0.6) is 0 Å². The van der Waals surface area contributed by atoms with Gasteiger partial charge in [-0.05, 0) is 30.4 Å². The lowest BCUT2D eigenvalue weighted by Crippen LogP contribution is -2.31. The second-order valence-corrected chi connectivity index (χ2v) is 7.49. The Morgan fingerprint density at radius 1 is 1.11 bits per heavy atom. The maximum Gasteiger partial charge on any atom is 0.274 e. The fourth-order valence-corrected chi connectivity index (χ4v) is 3.87. The van der Waals surface area contributed by atoms with Gasteiger partial charge in [-0.1, -0.05) is 54.8 Å². The second-order valence-electron chi connectivity index (χ2n) is 7.49. The van der Waals surface area contributed by atoms with E-state index in [1.54, 1.807) is 12.4 Å². The van der Waals surface area contributed by atoms with Crippen molar-refractivity contribution < 1.29 is 4.79 Å². The van der Waals surface area contributed by atoms with E-state index < -0.39 is 0 Å². The number of aromatic nitrogens is 5. The van der Waals surface area contributed by atoms with E-state index in [0.29, 0.717) is 18.2 Å². The molecule has 0 saturated heterocycles. The van der Waals surface area contributed by atoms with Crippen molar-refractivity contribution in [2.75, 3.05) is 0 Å². The van der Waals surface area contributed by atoms with Crippen molar-refractivity contribution in [2.24, 2.45) is 5.92 Å². The van der Waals surface area contributed by atoms with E-state index in [1.807, 2.05) is 52.0 Å². The monoisotopic (exact) mass is 378 g/mol. The molecule has 4 rings (SSSR count). The molecule has 0 radical (unpaired) electrons. The third-order valence-corrected chi connectivity index (χ3v) is 5.38. The SMILES string of the molecule is O=C(N[C@@H](Cn1cccn1)c1ccccc1)c1cn(CC2CCCCC2)nn1. The summed E-state index contributed by atoms with van der Waals surface area (Å²) < 4.78 is 3.63. The lowest BCUT2D eigenvalue weighted by molar-refractivity contribution is 0.0926. The first-order chi connectivity index (χ1) is 13.8. The van der Waals surface area contributed by atoms with Crippen LogP contribution in [0.3, 0.4) is 0 Å². The van der Waals surface area contributed by atoms with Crippen LogP contribution in [0.2, 0.25) is 0 Å². The molecule has 0 aliphatic heterocycles. The van der Waals surface area contributed by atoms with Gasteiger partial charge >= 0.3 is 0 Å².